The number of hydrogen-bond acceptors (Lipinski definition) is 5. The summed E-state index contributed by atoms with van der Waals surface area (Å²) in [5, 5.41) is 2.88. The van der Waals surface area contributed by atoms with Gasteiger partial charge in [0.1, 0.15) is 6.61 Å². The molecule has 0 saturated heterocycles. The number of amides is 1. The molecule has 0 unspecified atom stereocenters. The molecule has 0 aliphatic rings. The fourth-order valence-corrected chi connectivity index (χ4v) is 4.49. The van der Waals surface area contributed by atoms with Crippen LogP contribution in [0.5, 0.6) is 0 Å². The van der Waals surface area contributed by atoms with Crippen molar-refractivity contribution in [3.8, 4) is 0 Å². The standard InChI is InChI=1S/C33H40N2O4/c1-24(2)20-30(35-32(37)29(34)19-18-25-12-6-3-7-13-25)31(36)22-28(21-26-14-8-4-9-15-26)33(38)39-23-27-16-10-5-11-17-27/h3-17,24,28-30H,18-23,34H2,1-2H3,(H,35,37)/t28-,29+,30+/m1/s1. The van der Waals surface area contributed by atoms with Crippen LogP contribution in [0.3, 0.4) is 0 Å². The Morgan fingerprint density at radius 3 is 1.90 bits per heavy atom. The van der Waals surface area contributed by atoms with Crippen LogP contribution >= 0.6 is 0 Å². The Morgan fingerprint density at radius 2 is 1.33 bits per heavy atom. The Bertz CT molecular complexity index is 1170. The summed E-state index contributed by atoms with van der Waals surface area (Å²) in [6, 6.07) is 27.4. The predicted molar refractivity (Wildman–Crippen MR) is 154 cm³/mol. The number of carbonyl (C=O) groups excluding carboxylic acids is 3. The van der Waals surface area contributed by atoms with Crippen molar-refractivity contribution >= 4 is 17.7 Å². The number of nitrogens with two attached hydrogens (primary N) is 1. The summed E-state index contributed by atoms with van der Waals surface area (Å²) in [4.78, 5) is 39.7. The highest BCUT2D eigenvalue weighted by Gasteiger charge is 2.30. The van der Waals surface area contributed by atoms with E-state index in [-0.39, 0.29) is 30.6 Å². The molecule has 6 heteroatoms. The number of aryl methyl sites for hydroxylation is 1. The minimum Gasteiger partial charge on any atom is -0.461 e. The lowest BCUT2D eigenvalue weighted by Gasteiger charge is -2.24. The number of nitrogens with one attached hydrogen (secondary N) is 1. The molecule has 0 radical (unpaired) electrons. The van der Waals surface area contributed by atoms with Gasteiger partial charge in [-0.15, -0.1) is 0 Å². The van der Waals surface area contributed by atoms with Crippen molar-refractivity contribution in [3.63, 3.8) is 0 Å². The number of carbonyl (C=O) groups is 3. The van der Waals surface area contributed by atoms with Gasteiger partial charge in [-0.2, -0.15) is 0 Å². The predicted octanol–water partition coefficient (Wildman–Crippen LogP) is 5.04. The van der Waals surface area contributed by atoms with E-state index >= 15 is 0 Å². The first-order valence-corrected chi connectivity index (χ1v) is 13.7. The van der Waals surface area contributed by atoms with Crippen LogP contribution in [0.25, 0.3) is 0 Å². The fourth-order valence-electron chi connectivity index (χ4n) is 4.49. The van der Waals surface area contributed by atoms with E-state index in [1.54, 1.807) is 0 Å². The lowest BCUT2D eigenvalue weighted by Crippen LogP contribution is -2.49. The van der Waals surface area contributed by atoms with E-state index in [2.05, 4.69) is 5.32 Å². The zero-order valence-corrected chi connectivity index (χ0v) is 22.9. The second-order valence-electron chi connectivity index (χ2n) is 10.5. The monoisotopic (exact) mass is 528 g/mol. The van der Waals surface area contributed by atoms with Gasteiger partial charge in [0.25, 0.3) is 0 Å². The highest BCUT2D eigenvalue weighted by atomic mass is 16.5. The van der Waals surface area contributed by atoms with Gasteiger partial charge < -0.3 is 15.8 Å². The van der Waals surface area contributed by atoms with Crippen LogP contribution in [-0.4, -0.2) is 29.7 Å². The van der Waals surface area contributed by atoms with E-state index in [0.717, 1.165) is 16.7 Å². The maximum absolute atomic E-state index is 13.5. The molecule has 3 atom stereocenters. The van der Waals surface area contributed by atoms with Gasteiger partial charge in [0, 0.05) is 6.42 Å². The zero-order valence-electron chi connectivity index (χ0n) is 22.9. The van der Waals surface area contributed by atoms with Gasteiger partial charge in [0.05, 0.1) is 18.0 Å². The van der Waals surface area contributed by atoms with Crippen LogP contribution < -0.4 is 11.1 Å². The third kappa shape index (κ3) is 10.5. The molecule has 3 aromatic carbocycles. The third-order valence-corrected chi connectivity index (χ3v) is 6.67. The largest absolute Gasteiger partial charge is 0.461 e. The Kier molecular flexibility index (Phi) is 11.9. The van der Waals surface area contributed by atoms with Crippen LogP contribution in [0.15, 0.2) is 91.0 Å². The number of Topliss-reactive ketones (excluding diaryl/α,β-unsaturated/α-hetero) is 1. The molecule has 3 aromatic rings. The molecule has 1 amide bonds. The van der Waals surface area contributed by atoms with Gasteiger partial charge in [0.2, 0.25) is 5.91 Å². The van der Waals surface area contributed by atoms with E-state index in [9.17, 15) is 14.4 Å². The van der Waals surface area contributed by atoms with E-state index < -0.39 is 24.0 Å². The Balaban J connectivity index is 1.66. The zero-order chi connectivity index (χ0) is 28.0. The van der Waals surface area contributed by atoms with E-state index in [1.807, 2.05) is 105 Å². The summed E-state index contributed by atoms with van der Waals surface area (Å²) in [6.45, 7) is 4.14. The molecule has 0 spiro atoms. The highest BCUT2D eigenvalue weighted by molar-refractivity contribution is 5.92. The molecule has 3 N–H and O–H groups in total. The second-order valence-corrected chi connectivity index (χ2v) is 10.5. The molecular weight excluding hydrogens is 488 g/mol. The average molecular weight is 529 g/mol. The average Bonchev–Trinajstić information content (AvgIpc) is 2.95. The minimum atomic E-state index is -0.733. The molecule has 0 saturated carbocycles. The second kappa shape index (κ2) is 15.6. The normalized spacial score (nSPS) is 13.3. The Hall–Kier alpha value is -3.77. The van der Waals surface area contributed by atoms with Gasteiger partial charge in [-0.05, 0) is 48.3 Å². The van der Waals surface area contributed by atoms with Gasteiger partial charge in [-0.25, -0.2) is 0 Å². The number of ketones is 1. The number of esters is 1. The van der Waals surface area contributed by atoms with Crippen molar-refractivity contribution in [3.05, 3.63) is 108 Å². The highest BCUT2D eigenvalue weighted by Crippen LogP contribution is 2.19. The van der Waals surface area contributed by atoms with E-state index in [4.69, 9.17) is 10.5 Å². The van der Waals surface area contributed by atoms with Crippen LogP contribution in [0.1, 0.15) is 49.8 Å². The van der Waals surface area contributed by atoms with Crippen molar-refractivity contribution in [2.24, 2.45) is 17.6 Å². The summed E-state index contributed by atoms with van der Waals surface area (Å²) in [5.74, 6) is -1.47. The molecule has 6 nitrogen and oxygen atoms in total. The van der Waals surface area contributed by atoms with Gasteiger partial charge in [0.15, 0.2) is 5.78 Å². The summed E-state index contributed by atoms with van der Waals surface area (Å²) in [7, 11) is 0. The van der Waals surface area contributed by atoms with Crippen molar-refractivity contribution in [2.45, 2.75) is 64.6 Å². The Labute approximate surface area is 232 Å². The first kappa shape index (κ1) is 29.8. The number of ether oxygens (including phenoxy) is 1. The molecule has 0 bridgehead atoms. The quantitative estimate of drug-likeness (QED) is 0.269. The number of hydrogen-bond donors (Lipinski definition) is 2. The van der Waals surface area contributed by atoms with Crippen LogP contribution in [0, 0.1) is 11.8 Å². The summed E-state index contributed by atoms with van der Waals surface area (Å²) in [6.07, 6.45) is 1.96. The maximum atomic E-state index is 13.5. The van der Waals surface area contributed by atoms with Gasteiger partial charge in [-0.3, -0.25) is 14.4 Å². The summed E-state index contributed by atoms with van der Waals surface area (Å²) < 4.78 is 5.62. The molecular formula is C33H40N2O4. The van der Waals surface area contributed by atoms with Crippen molar-refractivity contribution < 1.29 is 19.1 Å². The first-order chi connectivity index (χ1) is 18.8. The van der Waals surface area contributed by atoms with E-state index in [1.165, 1.54) is 0 Å². The molecule has 0 fully saturated rings. The SMILES string of the molecule is CC(C)C[C@H](NC(=O)[C@@H](N)CCc1ccccc1)C(=O)C[C@@H](Cc1ccccc1)C(=O)OCc1ccccc1. The van der Waals surface area contributed by atoms with Crippen molar-refractivity contribution in [2.75, 3.05) is 0 Å². The number of rotatable bonds is 15. The van der Waals surface area contributed by atoms with Crippen molar-refractivity contribution in [1.82, 2.24) is 5.32 Å². The molecule has 0 heterocycles. The number of benzene rings is 3. The smallest absolute Gasteiger partial charge is 0.310 e. The van der Waals surface area contributed by atoms with E-state index in [0.29, 0.717) is 25.7 Å². The summed E-state index contributed by atoms with van der Waals surface area (Å²) in [5.41, 5.74) is 9.12. The minimum absolute atomic E-state index is 0.0283. The van der Waals surface area contributed by atoms with Crippen LogP contribution in [-0.2, 0) is 38.6 Å². The molecule has 0 aliphatic carbocycles. The molecule has 206 valence electrons. The van der Waals surface area contributed by atoms with Crippen LogP contribution in [0.2, 0.25) is 0 Å². The van der Waals surface area contributed by atoms with Gasteiger partial charge in [-0.1, -0.05) is 105 Å². The third-order valence-electron chi connectivity index (χ3n) is 6.67. The van der Waals surface area contributed by atoms with Crippen molar-refractivity contribution in [1.29, 1.82) is 0 Å². The molecule has 3 rings (SSSR count). The lowest BCUT2D eigenvalue weighted by atomic mass is 9.89. The summed E-state index contributed by atoms with van der Waals surface area (Å²) >= 11 is 0. The fraction of sp³-hybridized carbons (Fsp3) is 0.364. The molecule has 39 heavy (non-hydrogen) atoms. The van der Waals surface area contributed by atoms with Gasteiger partial charge >= 0.3 is 5.97 Å². The van der Waals surface area contributed by atoms with Crippen LogP contribution in [0.4, 0.5) is 0 Å². The Morgan fingerprint density at radius 1 is 0.795 bits per heavy atom. The lowest BCUT2D eigenvalue weighted by molar-refractivity contribution is -0.151. The first-order valence-electron chi connectivity index (χ1n) is 13.7. The molecule has 0 aliphatic heterocycles. The maximum Gasteiger partial charge on any atom is 0.310 e. The molecule has 0 aromatic heterocycles. The topological polar surface area (TPSA) is 98.5 Å².